The van der Waals surface area contributed by atoms with Crippen LogP contribution in [-0.4, -0.2) is 24.4 Å². The molecule has 0 aromatic carbocycles. The lowest BCUT2D eigenvalue weighted by Gasteiger charge is -2.36. The predicted molar refractivity (Wildman–Crippen MR) is 82.3 cm³/mol. The van der Waals surface area contributed by atoms with Crippen molar-refractivity contribution in [1.82, 2.24) is 5.32 Å². The molecule has 2 amide bonds. The Kier molecular flexibility index (Phi) is 5.62. The Hall–Kier alpha value is -1.10. The third kappa shape index (κ3) is 4.43. The molecule has 0 atom stereocenters. The normalized spacial score (nSPS) is 28.8. The quantitative estimate of drug-likeness (QED) is 0.716. The van der Waals surface area contributed by atoms with Crippen LogP contribution in [0.5, 0.6) is 0 Å². The highest BCUT2D eigenvalue weighted by molar-refractivity contribution is 5.78. The zero-order valence-electron chi connectivity index (χ0n) is 12.9. The van der Waals surface area contributed by atoms with Crippen LogP contribution in [0.2, 0.25) is 0 Å². The van der Waals surface area contributed by atoms with Gasteiger partial charge in [-0.15, -0.1) is 0 Å². The molecular weight excluding hydrogens is 266 g/mol. The van der Waals surface area contributed by atoms with E-state index in [4.69, 9.17) is 11.5 Å². The average Bonchev–Trinajstić information content (AvgIpc) is 2.48. The summed E-state index contributed by atoms with van der Waals surface area (Å²) in [6.07, 6.45) is 9.65. The van der Waals surface area contributed by atoms with Gasteiger partial charge >= 0.3 is 0 Å². The maximum atomic E-state index is 12.3. The SMILES string of the molecule is NCC1(CC(=O)NC2CCC(C(N)=O)CC2)CCCCC1. The van der Waals surface area contributed by atoms with Crippen LogP contribution in [-0.2, 0) is 9.59 Å². The van der Waals surface area contributed by atoms with Crippen molar-refractivity contribution < 1.29 is 9.59 Å². The van der Waals surface area contributed by atoms with E-state index in [-0.39, 0.29) is 29.2 Å². The molecule has 0 aromatic heterocycles. The first-order valence-electron chi connectivity index (χ1n) is 8.33. The Morgan fingerprint density at radius 1 is 1.05 bits per heavy atom. The first kappa shape index (κ1) is 16.3. The molecule has 0 aliphatic heterocycles. The second-order valence-electron chi connectivity index (χ2n) is 6.96. The summed E-state index contributed by atoms with van der Waals surface area (Å²) in [6, 6.07) is 0.200. The van der Waals surface area contributed by atoms with Crippen molar-refractivity contribution >= 4 is 11.8 Å². The van der Waals surface area contributed by atoms with Gasteiger partial charge in [-0.05, 0) is 50.5 Å². The molecule has 0 saturated heterocycles. The highest BCUT2D eigenvalue weighted by atomic mass is 16.2. The second-order valence-corrected chi connectivity index (χ2v) is 6.96. The summed E-state index contributed by atoms with van der Waals surface area (Å²) >= 11 is 0. The summed E-state index contributed by atoms with van der Waals surface area (Å²) in [5.74, 6) is -0.0826. The Balaban J connectivity index is 1.78. The third-order valence-electron chi connectivity index (χ3n) is 5.38. The highest BCUT2D eigenvalue weighted by Crippen LogP contribution is 2.38. The summed E-state index contributed by atoms with van der Waals surface area (Å²) in [5.41, 5.74) is 11.3. The Morgan fingerprint density at radius 3 is 2.19 bits per heavy atom. The molecule has 5 heteroatoms. The number of primary amides is 1. The van der Waals surface area contributed by atoms with Gasteiger partial charge in [0.2, 0.25) is 11.8 Å². The van der Waals surface area contributed by atoms with Gasteiger partial charge in [-0.2, -0.15) is 0 Å². The van der Waals surface area contributed by atoms with Gasteiger partial charge in [0, 0.05) is 18.4 Å². The number of nitrogens with two attached hydrogens (primary N) is 2. The molecule has 0 aromatic rings. The molecule has 5 nitrogen and oxygen atoms in total. The molecule has 0 heterocycles. The third-order valence-corrected chi connectivity index (χ3v) is 5.38. The van der Waals surface area contributed by atoms with Crippen molar-refractivity contribution in [3.05, 3.63) is 0 Å². The van der Waals surface area contributed by atoms with Crippen molar-refractivity contribution in [3.8, 4) is 0 Å². The van der Waals surface area contributed by atoms with Crippen LogP contribution in [0.3, 0.4) is 0 Å². The van der Waals surface area contributed by atoms with Gasteiger partial charge in [0.25, 0.3) is 0 Å². The fourth-order valence-corrected chi connectivity index (χ4v) is 3.90. The average molecular weight is 295 g/mol. The summed E-state index contributed by atoms with van der Waals surface area (Å²) in [7, 11) is 0. The summed E-state index contributed by atoms with van der Waals surface area (Å²) in [5, 5.41) is 3.14. The van der Waals surface area contributed by atoms with E-state index in [1.165, 1.54) is 19.3 Å². The molecule has 0 radical (unpaired) electrons. The van der Waals surface area contributed by atoms with Crippen LogP contribution in [0.4, 0.5) is 0 Å². The lowest BCUT2D eigenvalue weighted by Crippen LogP contribution is -2.43. The van der Waals surface area contributed by atoms with Crippen molar-refractivity contribution in [1.29, 1.82) is 0 Å². The number of carbonyl (C=O) groups excluding carboxylic acids is 2. The number of hydrogen-bond donors (Lipinski definition) is 3. The van der Waals surface area contributed by atoms with Gasteiger partial charge < -0.3 is 16.8 Å². The van der Waals surface area contributed by atoms with Gasteiger partial charge in [-0.3, -0.25) is 9.59 Å². The van der Waals surface area contributed by atoms with Crippen LogP contribution in [0, 0.1) is 11.3 Å². The van der Waals surface area contributed by atoms with E-state index in [1.54, 1.807) is 0 Å². The lowest BCUT2D eigenvalue weighted by molar-refractivity contribution is -0.125. The Morgan fingerprint density at radius 2 is 1.67 bits per heavy atom. The summed E-state index contributed by atoms with van der Waals surface area (Å²) in [6.45, 7) is 0.606. The number of nitrogens with one attached hydrogen (secondary N) is 1. The zero-order valence-corrected chi connectivity index (χ0v) is 12.9. The number of carbonyl (C=O) groups is 2. The minimum absolute atomic E-state index is 0.00752. The minimum Gasteiger partial charge on any atom is -0.369 e. The molecule has 2 saturated carbocycles. The van der Waals surface area contributed by atoms with E-state index >= 15 is 0 Å². The van der Waals surface area contributed by atoms with Crippen LogP contribution < -0.4 is 16.8 Å². The minimum atomic E-state index is -0.205. The maximum Gasteiger partial charge on any atom is 0.220 e. The summed E-state index contributed by atoms with van der Waals surface area (Å²) < 4.78 is 0. The van der Waals surface area contributed by atoms with Gasteiger partial charge in [0.05, 0.1) is 0 Å². The highest BCUT2D eigenvalue weighted by Gasteiger charge is 2.34. The molecule has 0 spiro atoms. The van der Waals surface area contributed by atoms with Crippen LogP contribution in [0.1, 0.15) is 64.2 Å². The molecule has 0 bridgehead atoms. The first-order valence-corrected chi connectivity index (χ1v) is 8.33. The molecule has 120 valence electrons. The predicted octanol–water partition coefficient (Wildman–Crippen LogP) is 1.45. The van der Waals surface area contributed by atoms with Crippen LogP contribution in [0.25, 0.3) is 0 Å². The first-order chi connectivity index (χ1) is 10.0. The van der Waals surface area contributed by atoms with E-state index < -0.39 is 0 Å². The van der Waals surface area contributed by atoms with Gasteiger partial charge in [0.1, 0.15) is 0 Å². The number of rotatable bonds is 5. The van der Waals surface area contributed by atoms with Crippen LogP contribution in [0.15, 0.2) is 0 Å². The van der Waals surface area contributed by atoms with Crippen molar-refractivity contribution in [2.45, 2.75) is 70.3 Å². The molecule has 2 fully saturated rings. The molecule has 0 unspecified atom stereocenters. The second kappa shape index (κ2) is 7.25. The molecule has 2 rings (SSSR count). The lowest BCUT2D eigenvalue weighted by atomic mass is 9.71. The van der Waals surface area contributed by atoms with Crippen molar-refractivity contribution in [2.75, 3.05) is 6.54 Å². The molecular formula is C16H29N3O2. The summed E-state index contributed by atoms with van der Waals surface area (Å²) in [4.78, 5) is 23.4. The Labute approximate surface area is 127 Å². The van der Waals surface area contributed by atoms with Gasteiger partial charge in [0.15, 0.2) is 0 Å². The largest absolute Gasteiger partial charge is 0.369 e. The number of amides is 2. The standard InChI is InChI=1S/C16H29N3O2/c17-11-16(8-2-1-3-9-16)10-14(20)19-13-6-4-12(5-7-13)15(18)21/h12-13H,1-11,17H2,(H2,18,21)(H,19,20). The number of hydrogen-bond acceptors (Lipinski definition) is 3. The fraction of sp³-hybridized carbons (Fsp3) is 0.875. The zero-order chi connectivity index (χ0) is 15.3. The topological polar surface area (TPSA) is 98.2 Å². The van der Waals surface area contributed by atoms with Crippen molar-refractivity contribution in [2.24, 2.45) is 22.8 Å². The van der Waals surface area contributed by atoms with E-state index in [0.29, 0.717) is 13.0 Å². The van der Waals surface area contributed by atoms with E-state index in [2.05, 4.69) is 5.32 Å². The monoisotopic (exact) mass is 295 g/mol. The molecule has 21 heavy (non-hydrogen) atoms. The van der Waals surface area contributed by atoms with Gasteiger partial charge in [-0.25, -0.2) is 0 Å². The maximum absolute atomic E-state index is 12.3. The van der Waals surface area contributed by atoms with Crippen LogP contribution >= 0.6 is 0 Å². The van der Waals surface area contributed by atoms with E-state index in [1.807, 2.05) is 0 Å². The van der Waals surface area contributed by atoms with Gasteiger partial charge in [-0.1, -0.05) is 19.3 Å². The molecule has 2 aliphatic carbocycles. The van der Waals surface area contributed by atoms with E-state index in [9.17, 15) is 9.59 Å². The molecule has 2 aliphatic rings. The van der Waals surface area contributed by atoms with Crippen molar-refractivity contribution in [3.63, 3.8) is 0 Å². The van der Waals surface area contributed by atoms with E-state index in [0.717, 1.165) is 38.5 Å². The Bertz CT molecular complexity index is 370. The smallest absolute Gasteiger partial charge is 0.220 e. The molecule has 5 N–H and O–H groups in total. The fourth-order valence-electron chi connectivity index (χ4n) is 3.90.